The van der Waals surface area contributed by atoms with Crippen molar-refractivity contribution in [2.45, 2.75) is 19.4 Å². The van der Waals surface area contributed by atoms with Gasteiger partial charge in [0, 0.05) is 4.47 Å². The molecule has 1 aliphatic rings. The summed E-state index contributed by atoms with van der Waals surface area (Å²) in [5.74, 6) is 0.803. The van der Waals surface area contributed by atoms with Gasteiger partial charge in [-0.3, -0.25) is 4.79 Å². The molecule has 19 heavy (non-hydrogen) atoms. The van der Waals surface area contributed by atoms with Gasteiger partial charge in [-0.05, 0) is 30.7 Å². The Morgan fingerprint density at radius 1 is 1.21 bits per heavy atom. The van der Waals surface area contributed by atoms with Crippen molar-refractivity contribution in [3.8, 4) is 5.75 Å². The number of halogens is 1. The third-order valence-corrected chi connectivity index (χ3v) is 3.79. The Kier molecular flexibility index (Phi) is 3.15. The summed E-state index contributed by atoms with van der Waals surface area (Å²) in [5, 5.41) is 0. The molecule has 1 unspecified atom stereocenters. The molecular weight excluding hydrogens is 304 g/mol. The zero-order chi connectivity index (χ0) is 13.4. The van der Waals surface area contributed by atoms with E-state index in [0.29, 0.717) is 17.7 Å². The quantitative estimate of drug-likeness (QED) is 0.776. The van der Waals surface area contributed by atoms with Crippen molar-refractivity contribution in [1.82, 2.24) is 0 Å². The highest BCUT2D eigenvalue weighted by Gasteiger charge is 2.27. The van der Waals surface area contributed by atoms with Gasteiger partial charge in [-0.25, -0.2) is 0 Å². The SMILES string of the molecule is Cc1cccc(C2CC(=O)c3ccc(Br)cc3O2)c1. The van der Waals surface area contributed by atoms with Gasteiger partial charge in [-0.1, -0.05) is 45.8 Å². The van der Waals surface area contributed by atoms with E-state index in [4.69, 9.17) is 4.74 Å². The van der Waals surface area contributed by atoms with Crippen LogP contribution >= 0.6 is 15.9 Å². The summed E-state index contributed by atoms with van der Waals surface area (Å²) in [6.07, 6.45) is 0.215. The second kappa shape index (κ2) is 4.82. The molecule has 0 saturated heterocycles. The number of carbonyl (C=O) groups excluding carboxylic acids is 1. The summed E-state index contributed by atoms with van der Waals surface area (Å²) in [6.45, 7) is 2.04. The van der Waals surface area contributed by atoms with Gasteiger partial charge in [0.1, 0.15) is 11.9 Å². The van der Waals surface area contributed by atoms with Crippen LogP contribution in [-0.2, 0) is 0 Å². The number of rotatable bonds is 1. The van der Waals surface area contributed by atoms with Crippen LogP contribution in [0.2, 0.25) is 0 Å². The van der Waals surface area contributed by atoms with E-state index in [2.05, 4.69) is 22.0 Å². The van der Waals surface area contributed by atoms with E-state index in [9.17, 15) is 4.79 Å². The van der Waals surface area contributed by atoms with Crippen molar-refractivity contribution in [2.24, 2.45) is 0 Å². The fourth-order valence-electron chi connectivity index (χ4n) is 2.35. The number of ether oxygens (including phenoxy) is 1. The molecule has 0 fully saturated rings. The minimum atomic E-state index is -0.186. The fourth-order valence-corrected chi connectivity index (χ4v) is 2.69. The van der Waals surface area contributed by atoms with Gasteiger partial charge in [0.15, 0.2) is 5.78 Å². The normalized spacial score (nSPS) is 17.8. The molecule has 0 aromatic heterocycles. The predicted octanol–water partition coefficient (Wildman–Crippen LogP) is 4.46. The Hall–Kier alpha value is -1.61. The monoisotopic (exact) mass is 316 g/mol. The van der Waals surface area contributed by atoms with Gasteiger partial charge in [-0.15, -0.1) is 0 Å². The molecule has 1 aliphatic heterocycles. The van der Waals surface area contributed by atoms with Crippen molar-refractivity contribution >= 4 is 21.7 Å². The predicted molar refractivity (Wildman–Crippen MR) is 77.6 cm³/mol. The number of aryl methyl sites for hydroxylation is 1. The third-order valence-electron chi connectivity index (χ3n) is 3.30. The van der Waals surface area contributed by atoms with Crippen molar-refractivity contribution < 1.29 is 9.53 Å². The van der Waals surface area contributed by atoms with E-state index in [1.54, 1.807) is 0 Å². The van der Waals surface area contributed by atoms with Gasteiger partial charge < -0.3 is 4.74 Å². The molecule has 2 nitrogen and oxygen atoms in total. The first-order chi connectivity index (χ1) is 9.13. The topological polar surface area (TPSA) is 26.3 Å². The number of Topliss-reactive ketones (excluding diaryl/α,β-unsaturated/α-hetero) is 1. The van der Waals surface area contributed by atoms with Crippen LogP contribution in [-0.4, -0.2) is 5.78 Å². The lowest BCUT2D eigenvalue weighted by Gasteiger charge is -2.25. The zero-order valence-corrected chi connectivity index (χ0v) is 12.1. The number of ketones is 1. The molecule has 0 radical (unpaired) electrons. The van der Waals surface area contributed by atoms with Crippen molar-refractivity contribution in [1.29, 1.82) is 0 Å². The maximum Gasteiger partial charge on any atom is 0.170 e. The van der Waals surface area contributed by atoms with Gasteiger partial charge in [0.25, 0.3) is 0 Å². The van der Waals surface area contributed by atoms with Crippen LogP contribution in [0.15, 0.2) is 46.9 Å². The highest BCUT2D eigenvalue weighted by atomic mass is 79.9. The van der Waals surface area contributed by atoms with Crippen LogP contribution in [0, 0.1) is 6.92 Å². The molecule has 0 saturated carbocycles. The number of benzene rings is 2. The first-order valence-electron chi connectivity index (χ1n) is 6.19. The summed E-state index contributed by atoms with van der Waals surface area (Å²) in [6, 6.07) is 13.7. The molecule has 3 rings (SSSR count). The summed E-state index contributed by atoms with van der Waals surface area (Å²) < 4.78 is 6.89. The van der Waals surface area contributed by atoms with Crippen LogP contribution in [0.5, 0.6) is 5.75 Å². The fraction of sp³-hybridized carbons (Fsp3) is 0.188. The number of hydrogen-bond donors (Lipinski definition) is 0. The van der Waals surface area contributed by atoms with Crippen LogP contribution < -0.4 is 4.74 Å². The Morgan fingerprint density at radius 2 is 2.05 bits per heavy atom. The van der Waals surface area contributed by atoms with Crippen molar-refractivity contribution in [3.05, 3.63) is 63.6 Å². The number of fused-ring (bicyclic) bond motifs is 1. The molecular formula is C16H13BrO2. The summed E-state index contributed by atoms with van der Waals surface area (Å²) >= 11 is 3.41. The average Bonchev–Trinajstić information content (AvgIpc) is 2.38. The summed E-state index contributed by atoms with van der Waals surface area (Å²) in [4.78, 5) is 12.2. The maximum atomic E-state index is 12.2. The average molecular weight is 317 g/mol. The smallest absolute Gasteiger partial charge is 0.170 e. The van der Waals surface area contributed by atoms with Gasteiger partial charge in [0.2, 0.25) is 0 Å². The second-order valence-corrected chi connectivity index (χ2v) is 5.70. The lowest BCUT2D eigenvalue weighted by atomic mass is 9.95. The van der Waals surface area contributed by atoms with Gasteiger partial charge >= 0.3 is 0 Å². The molecule has 0 bridgehead atoms. The minimum absolute atomic E-state index is 0.139. The van der Waals surface area contributed by atoms with E-state index in [1.165, 1.54) is 5.56 Å². The van der Waals surface area contributed by atoms with Crippen molar-refractivity contribution in [3.63, 3.8) is 0 Å². The van der Waals surface area contributed by atoms with Crippen LogP contribution in [0.4, 0.5) is 0 Å². The Bertz CT molecular complexity index is 649. The standard InChI is InChI=1S/C16H13BrO2/c1-10-3-2-4-11(7-10)15-9-14(18)13-6-5-12(17)8-16(13)19-15/h2-8,15H,9H2,1H3. The summed E-state index contributed by atoms with van der Waals surface area (Å²) in [7, 11) is 0. The largest absolute Gasteiger partial charge is 0.484 e. The van der Waals surface area contributed by atoms with Crippen LogP contribution in [0.3, 0.4) is 0 Å². The molecule has 1 heterocycles. The Morgan fingerprint density at radius 3 is 2.84 bits per heavy atom. The Balaban J connectivity index is 1.98. The lowest BCUT2D eigenvalue weighted by Crippen LogP contribution is -2.20. The maximum absolute atomic E-state index is 12.2. The van der Waals surface area contributed by atoms with Crippen LogP contribution in [0.1, 0.15) is 34.0 Å². The number of carbonyl (C=O) groups is 1. The molecule has 3 heteroatoms. The molecule has 0 N–H and O–H groups in total. The lowest BCUT2D eigenvalue weighted by molar-refractivity contribution is 0.0850. The molecule has 2 aromatic carbocycles. The minimum Gasteiger partial charge on any atom is -0.484 e. The Labute approximate surface area is 120 Å². The molecule has 0 amide bonds. The first-order valence-corrected chi connectivity index (χ1v) is 6.99. The van der Waals surface area contributed by atoms with E-state index >= 15 is 0 Å². The second-order valence-electron chi connectivity index (χ2n) is 4.79. The third kappa shape index (κ3) is 2.43. The number of hydrogen-bond acceptors (Lipinski definition) is 2. The molecule has 1 atom stereocenters. The first kappa shape index (κ1) is 12.4. The van der Waals surface area contributed by atoms with E-state index in [0.717, 1.165) is 10.0 Å². The summed E-state index contributed by atoms with van der Waals surface area (Å²) in [5.41, 5.74) is 2.90. The van der Waals surface area contributed by atoms with Crippen LogP contribution in [0.25, 0.3) is 0 Å². The van der Waals surface area contributed by atoms with Gasteiger partial charge in [0.05, 0.1) is 12.0 Å². The highest BCUT2D eigenvalue weighted by Crippen LogP contribution is 2.36. The molecule has 2 aromatic rings. The van der Waals surface area contributed by atoms with Crippen molar-refractivity contribution in [2.75, 3.05) is 0 Å². The van der Waals surface area contributed by atoms with E-state index in [-0.39, 0.29) is 11.9 Å². The van der Waals surface area contributed by atoms with E-state index < -0.39 is 0 Å². The molecule has 0 spiro atoms. The van der Waals surface area contributed by atoms with E-state index in [1.807, 2.05) is 43.3 Å². The highest BCUT2D eigenvalue weighted by molar-refractivity contribution is 9.10. The molecule has 0 aliphatic carbocycles. The van der Waals surface area contributed by atoms with Gasteiger partial charge in [-0.2, -0.15) is 0 Å². The molecule has 96 valence electrons. The zero-order valence-electron chi connectivity index (χ0n) is 10.5.